The average Bonchev–Trinajstić information content (AvgIpc) is 2.61. The summed E-state index contributed by atoms with van der Waals surface area (Å²) in [5, 5.41) is 7.76. The van der Waals surface area contributed by atoms with Crippen LogP contribution in [0.1, 0.15) is 24.2 Å². The molecule has 1 fully saturated rings. The van der Waals surface area contributed by atoms with Crippen molar-refractivity contribution in [2.45, 2.75) is 31.0 Å². The lowest BCUT2D eigenvalue weighted by Gasteiger charge is -2.36. The van der Waals surface area contributed by atoms with Gasteiger partial charge in [-0.3, -0.25) is 4.79 Å². The van der Waals surface area contributed by atoms with Crippen molar-refractivity contribution < 1.29 is 17.9 Å². The van der Waals surface area contributed by atoms with Gasteiger partial charge in [0.05, 0.1) is 22.7 Å². The first-order valence-electron chi connectivity index (χ1n) is 8.53. The highest BCUT2D eigenvalue weighted by molar-refractivity contribution is 7.89. The van der Waals surface area contributed by atoms with Crippen LogP contribution in [-0.2, 0) is 14.8 Å². The van der Waals surface area contributed by atoms with Gasteiger partial charge in [0.2, 0.25) is 10.0 Å². The molecule has 1 aliphatic rings. The Hall–Kier alpha value is -2.49. The summed E-state index contributed by atoms with van der Waals surface area (Å²) in [4.78, 5) is 18.9. The fourth-order valence-corrected chi connectivity index (χ4v) is 3.52. The molecule has 2 unspecified atom stereocenters. The Kier molecular flexibility index (Phi) is 5.45. The van der Waals surface area contributed by atoms with Crippen LogP contribution in [0.15, 0.2) is 47.5 Å². The third-order valence-electron chi connectivity index (χ3n) is 4.19. The first-order valence-corrected chi connectivity index (χ1v) is 10.1. The van der Waals surface area contributed by atoms with E-state index in [1.807, 2.05) is 19.9 Å². The van der Waals surface area contributed by atoms with Crippen LogP contribution in [-0.4, -0.2) is 44.6 Å². The van der Waals surface area contributed by atoms with Crippen LogP contribution in [0.5, 0.6) is 0 Å². The summed E-state index contributed by atoms with van der Waals surface area (Å²) in [5.74, 6) is 0.465. The SMILES string of the molecule is CC1CN(c2ccc(C(=O)Nc3ccc(S(N)(=O)=O)cc3)cn2)CC(C)O1. The number of morpholine rings is 1. The number of sulfonamides is 1. The van der Waals surface area contributed by atoms with E-state index >= 15 is 0 Å². The number of pyridine rings is 1. The molecule has 0 spiro atoms. The molecule has 3 rings (SSSR count). The van der Waals surface area contributed by atoms with Crippen molar-refractivity contribution in [1.29, 1.82) is 0 Å². The molecular weight excluding hydrogens is 368 g/mol. The fourth-order valence-electron chi connectivity index (χ4n) is 3.00. The van der Waals surface area contributed by atoms with Gasteiger partial charge in [-0.1, -0.05) is 0 Å². The number of rotatable bonds is 4. The number of carbonyl (C=O) groups excluding carboxylic acids is 1. The predicted octanol–water partition coefficient (Wildman–Crippen LogP) is 1.59. The van der Waals surface area contributed by atoms with Crippen molar-refractivity contribution in [3.05, 3.63) is 48.2 Å². The summed E-state index contributed by atoms with van der Waals surface area (Å²) >= 11 is 0. The highest BCUT2D eigenvalue weighted by atomic mass is 32.2. The minimum Gasteiger partial charge on any atom is -0.372 e. The van der Waals surface area contributed by atoms with Crippen molar-refractivity contribution >= 4 is 27.4 Å². The van der Waals surface area contributed by atoms with Gasteiger partial charge >= 0.3 is 0 Å². The van der Waals surface area contributed by atoms with Crippen molar-refractivity contribution in [3.8, 4) is 0 Å². The molecule has 1 aliphatic heterocycles. The van der Waals surface area contributed by atoms with E-state index in [4.69, 9.17) is 9.88 Å². The zero-order valence-electron chi connectivity index (χ0n) is 15.1. The van der Waals surface area contributed by atoms with E-state index in [0.29, 0.717) is 11.3 Å². The normalized spacial score (nSPS) is 20.3. The standard InChI is InChI=1S/C18H22N4O4S/c1-12-10-22(11-13(2)26-12)17-8-3-14(9-20-17)18(23)21-15-4-6-16(7-5-15)27(19,24)25/h3-9,12-13H,10-11H2,1-2H3,(H,21,23)(H2,19,24,25). The highest BCUT2D eigenvalue weighted by Crippen LogP contribution is 2.19. The monoisotopic (exact) mass is 390 g/mol. The predicted molar refractivity (Wildman–Crippen MR) is 102 cm³/mol. The molecular formula is C18H22N4O4S. The second-order valence-electron chi connectivity index (χ2n) is 6.59. The number of carbonyl (C=O) groups is 1. The molecule has 1 amide bonds. The number of ether oxygens (including phenoxy) is 1. The number of aromatic nitrogens is 1. The number of nitrogens with one attached hydrogen (secondary N) is 1. The summed E-state index contributed by atoms with van der Waals surface area (Å²) in [6, 6.07) is 9.16. The molecule has 1 aromatic heterocycles. The van der Waals surface area contributed by atoms with E-state index in [2.05, 4.69) is 15.2 Å². The molecule has 0 saturated carbocycles. The maximum atomic E-state index is 12.4. The van der Waals surface area contributed by atoms with Crippen LogP contribution in [0.3, 0.4) is 0 Å². The summed E-state index contributed by atoms with van der Waals surface area (Å²) in [7, 11) is -3.76. The molecule has 0 aliphatic carbocycles. The maximum Gasteiger partial charge on any atom is 0.257 e. The third-order valence-corrected chi connectivity index (χ3v) is 5.12. The number of hydrogen-bond donors (Lipinski definition) is 2. The molecule has 3 N–H and O–H groups in total. The van der Waals surface area contributed by atoms with E-state index < -0.39 is 10.0 Å². The van der Waals surface area contributed by atoms with E-state index in [1.165, 1.54) is 30.5 Å². The van der Waals surface area contributed by atoms with Crippen molar-refractivity contribution in [3.63, 3.8) is 0 Å². The second kappa shape index (κ2) is 7.63. The van der Waals surface area contributed by atoms with Crippen molar-refractivity contribution in [1.82, 2.24) is 4.98 Å². The number of benzene rings is 1. The molecule has 1 aromatic carbocycles. The van der Waals surface area contributed by atoms with Crippen molar-refractivity contribution in [2.24, 2.45) is 5.14 Å². The number of nitrogens with zero attached hydrogens (tertiary/aromatic N) is 2. The Balaban J connectivity index is 1.67. The van der Waals surface area contributed by atoms with Gasteiger partial charge in [0.25, 0.3) is 5.91 Å². The lowest BCUT2D eigenvalue weighted by atomic mass is 10.2. The van der Waals surface area contributed by atoms with Crippen LogP contribution < -0.4 is 15.4 Å². The summed E-state index contributed by atoms with van der Waals surface area (Å²) in [6.07, 6.45) is 1.77. The minimum atomic E-state index is -3.76. The number of anilines is 2. The molecule has 144 valence electrons. The van der Waals surface area contributed by atoms with E-state index in [1.54, 1.807) is 6.07 Å². The molecule has 1 saturated heterocycles. The van der Waals surface area contributed by atoms with Crippen LogP contribution in [0.25, 0.3) is 0 Å². The second-order valence-corrected chi connectivity index (χ2v) is 8.15. The van der Waals surface area contributed by atoms with Crippen LogP contribution in [0.2, 0.25) is 0 Å². The maximum absolute atomic E-state index is 12.4. The van der Waals surface area contributed by atoms with Gasteiger partial charge in [0, 0.05) is 25.0 Å². The molecule has 0 bridgehead atoms. The molecule has 2 aromatic rings. The lowest BCUT2D eigenvalue weighted by Crippen LogP contribution is -2.45. The number of nitrogens with two attached hydrogens (primary N) is 1. The topological polar surface area (TPSA) is 115 Å². The number of primary sulfonamides is 1. The van der Waals surface area contributed by atoms with Gasteiger partial charge in [-0.2, -0.15) is 0 Å². The highest BCUT2D eigenvalue weighted by Gasteiger charge is 2.23. The molecule has 27 heavy (non-hydrogen) atoms. The first-order chi connectivity index (χ1) is 12.7. The molecule has 9 heteroatoms. The van der Waals surface area contributed by atoms with E-state index in [9.17, 15) is 13.2 Å². The van der Waals surface area contributed by atoms with Crippen LogP contribution in [0.4, 0.5) is 11.5 Å². The number of hydrogen-bond acceptors (Lipinski definition) is 6. The van der Waals surface area contributed by atoms with Gasteiger partial charge in [-0.25, -0.2) is 18.5 Å². The average molecular weight is 390 g/mol. The van der Waals surface area contributed by atoms with Crippen LogP contribution in [0, 0.1) is 0 Å². The van der Waals surface area contributed by atoms with Crippen molar-refractivity contribution in [2.75, 3.05) is 23.3 Å². The quantitative estimate of drug-likeness (QED) is 0.819. The van der Waals surface area contributed by atoms with Gasteiger partial charge in [-0.15, -0.1) is 0 Å². The molecule has 2 heterocycles. The zero-order valence-corrected chi connectivity index (χ0v) is 15.9. The Morgan fingerprint density at radius 1 is 1.15 bits per heavy atom. The Morgan fingerprint density at radius 3 is 2.30 bits per heavy atom. The van der Waals surface area contributed by atoms with Crippen LogP contribution >= 0.6 is 0 Å². The smallest absolute Gasteiger partial charge is 0.257 e. The first kappa shape index (κ1) is 19.3. The summed E-state index contributed by atoms with van der Waals surface area (Å²) in [6.45, 7) is 5.54. The number of amides is 1. The molecule has 0 radical (unpaired) electrons. The van der Waals surface area contributed by atoms with E-state index in [-0.39, 0.29) is 23.0 Å². The summed E-state index contributed by atoms with van der Waals surface area (Å²) < 4.78 is 28.2. The Labute approximate surface area is 158 Å². The van der Waals surface area contributed by atoms with Gasteiger partial charge in [-0.05, 0) is 50.2 Å². The molecule has 8 nitrogen and oxygen atoms in total. The third kappa shape index (κ3) is 4.82. The minimum absolute atomic E-state index is 0.0134. The molecule has 2 atom stereocenters. The van der Waals surface area contributed by atoms with Gasteiger partial charge < -0.3 is 15.0 Å². The fraction of sp³-hybridized carbons (Fsp3) is 0.333. The summed E-state index contributed by atoms with van der Waals surface area (Å²) in [5.41, 5.74) is 0.871. The van der Waals surface area contributed by atoms with Gasteiger partial charge in [0.15, 0.2) is 0 Å². The van der Waals surface area contributed by atoms with E-state index in [0.717, 1.165) is 18.9 Å². The Morgan fingerprint density at radius 2 is 1.78 bits per heavy atom. The lowest BCUT2D eigenvalue weighted by molar-refractivity contribution is -0.00546. The zero-order chi connectivity index (χ0) is 19.6. The Bertz CT molecular complexity index is 903. The largest absolute Gasteiger partial charge is 0.372 e. The van der Waals surface area contributed by atoms with Gasteiger partial charge in [0.1, 0.15) is 5.82 Å².